The Labute approximate surface area is 188 Å². The van der Waals surface area contributed by atoms with Gasteiger partial charge in [-0.15, -0.1) is 0 Å². The molecule has 4 N–H and O–H groups in total. The zero-order valence-corrected chi connectivity index (χ0v) is 18.5. The standard InChI is InChI=1S/C24H32N4O4/c1-24(31)11-9-18(10-12-24)25-23(30)32-19-8-7-17(14-19)20-15-21(28-27-20)26-22(29)13-16-5-3-2-4-6-16/h2-6,15,17-19,31H,7-14H2,1H3,(H,25,30)(H2,26,27,28,29)/t17-,18-,19+,24+/m1/s1. The Balaban J connectivity index is 1.21. The summed E-state index contributed by atoms with van der Waals surface area (Å²) >= 11 is 0. The number of hydrogen-bond donors (Lipinski definition) is 4. The summed E-state index contributed by atoms with van der Waals surface area (Å²) < 4.78 is 5.64. The van der Waals surface area contributed by atoms with E-state index in [0.29, 0.717) is 25.1 Å². The summed E-state index contributed by atoms with van der Waals surface area (Å²) in [6.07, 6.45) is 5.12. The van der Waals surface area contributed by atoms with Crippen molar-refractivity contribution in [2.75, 3.05) is 5.32 Å². The number of aromatic amines is 1. The average Bonchev–Trinajstić information content (AvgIpc) is 3.40. The van der Waals surface area contributed by atoms with E-state index in [2.05, 4.69) is 20.8 Å². The molecule has 1 aromatic heterocycles. The third-order valence-electron chi connectivity index (χ3n) is 6.56. The van der Waals surface area contributed by atoms with Crippen LogP contribution in [0, 0.1) is 0 Å². The molecule has 0 radical (unpaired) electrons. The van der Waals surface area contributed by atoms with Crippen molar-refractivity contribution in [3.8, 4) is 0 Å². The molecule has 2 aliphatic carbocycles. The molecule has 8 heteroatoms. The Morgan fingerprint density at radius 3 is 2.69 bits per heavy atom. The minimum atomic E-state index is -0.620. The van der Waals surface area contributed by atoms with Gasteiger partial charge < -0.3 is 20.5 Å². The van der Waals surface area contributed by atoms with E-state index in [1.807, 2.05) is 43.3 Å². The van der Waals surface area contributed by atoms with Crippen molar-refractivity contribution in [3.05, 3.63) is 47.7 Å². The number of anilines is 1. The zero-order chi connectivity index (χ0) is 22.6. The number of rotatable bonds is 6. The van der Waals surface area contributed by atoms with E-state index in [4.69, 9.17) is 4.74 Å². The Bertz CT molecular complexity index is 917. The maximum atomic E-state index is 12.3. The number of carbonyl (C=O) groups excluding carboxylic acids is 2. The highest BCUT2D eigenvalue weighted by Crippen LogP contribution is 2.36. The number of aromatic nitrogens is 2. The van der Waals surface area contributed by atoms with Crippen LogP contribution in [0.5, 0.6) is 0 Å². The molecule has 1 aromatic carbocycles. The fourth-order valence-electron chi connectivity index (χ4n) is 4.64. The summed E-state index contributed by atoms with van der Waals surface area (Å²) in [5, 5.41) is 23.1. The van der Waals surface area contributed by atoms with E-state index in [0.717, 1.165) is 43.4 Å². The fourth-order valence-corrected chi connectivity index (χ4v) is 4.64. The summed E-state index contributed by atoms with van der Waals surface area (Å²) in [5.74, 6) is 0.615. The third-order valence-corrected chi connectivity index (χ3v) is 6.56. The van der Waals surface area contributed by atoms with Crippen LogP contribution in [0.2, 0.25) is 0 Å². The first-order valence-electron chi connectivity index (χ1n) is 11.4. The Kier molecular flexibility index (Phi) is 6.79. The van der Waals surface area contributed by atoms with E-state index < -0.39 is 5.60 Å². The van der Waals surface area contributed by atoms with Crippen LogP contribution in [0.15, 0.2) is 36.4 Å². The van der Waals surface area contributed by atoms with E-state index in [1.54, 1.807) is 0 Å². The molecule has 0 saturated heterocycles. The van der Waals surface area contributed by atoms with E-state index >= 15 is 0 Å². The molecule has 0 unspecified atom stereocenters. The van der Waals surface area contributed by atoms with E-state index in [9.17, 15) is 14.7 Å². The summed E-state index contributed by atoms with van der Waals surface area (Å²) in [7, 11) is 0. The van der Waals surface area contributed by atoms with Crippen molar-refractivity contribution in [1.29, 1.82) is 0 Å². The van der Waals surface area contributed by atoms with E-state index in [-0.39, 0.29) is 30.1 Å². The Hall–Kier alpha value is -2.87. The van der Waals surface area contributed by atoms with E-state index in [1.165, 1.54) is 0 Å². The van der Waals surface area contributed by atoms with Crippen molar-refractivity contribution in [2.24, 2.45) is 0 Å². The molecule has 2 saturated carbocycles. The number of nitrogens with one attached hydrogen (secondary N) is 3. The van der Waals surface area contributed by atoms with Gasteiger partial charge in [-0.3, -0.25) is 9.89 Å². The van der Waals surface area contributed by atoms with Crippen LogP contribution < -0.4 is 10.6 Å². The van der Waals surface area contributed by atoms with Crippen LogP contribution in [0.4, 0.5) is 10.6 Å². The number of aliphatic hydroxyl groups is 1. The maximum Gasteiger partial charge on any atom is 0.407 e. The SMILES string of the molecule is C[C@]1(O)CC[C@@H](NC(=O)O[C@H]2CC[C@@H](c3cc(NC(=O)Cc4ccccc4)n[nH]3)C2)CC1. The smallest absolute Gasteiger partial charge is 0.407 e. The molecule has 2 amide bonds. The maximum absolute atomic E-state index is 12.3. The minimum absolute atomic E-state index is 0.0644. The molecule has 0 spiro atoms. The molecule has 0 bridgehead atoms. The number of H-pyrrole nitrogens is 1. The average molecular weight is 441 g/mol. The minimum Gasteiger partial charge on any atom is -0.446 e. The van der Waals surface area contributed by atoms with Gasteiger partial charge in [0.25, 0.3) is 0 Å². The topological polar surface area (TPSA) is 116 Å². The first-order valence-corrected chi connectivity index (χ1v) is 11.4. The van der Waals surface area contributed by atoms with Gasteiger partial charge in [0.2, 0.25) is 5.91 Å². The molecule has 8 nitrogen and oxygen atoms in total. The number of amides is 2. The molecule has 0 aliphatic heterocycles. The highest BCUT2D eigenvalue weighted by molar-refractivity contribution is 5.91. The molecule has 32 heavy (non-hydrogen) atoms. The van der Waals surface area contributed by atoms with Gasteiger partial charge in [-0.25, -0.2) is 4.79 Å². The van der Waals surface area contributed by atoms with Gasteiger partial charge in [-0.2, -0.15) is 5.10 Å². The van der Waals surface area contributed by atoms with Crippen LogP contribution in [-0.2, 0) is 16.0 Å². The quantitative estimate of drug-likeness (QED) is 0.547. The van der Waals surface area contributed by atoms with Gasteiger partial charge in [0.1, 0.15) is 6.10 Å². The largest absolute Gasteiger partial charge is 0.446 e. The highest BCUT2D eigenvalue weighted by atomic mass is 16.6. The van der Waals surface area contributed by atoms with Gasteiger partial charge in [-0.1, -0.05) is 30.3 Å². The van der Waals surface area contributed by atoms with Crippen LogP contribution in [-0.4, -0.2) is 45.1 Å². The number of carbonyl (C=O) groups is 2. The van der Waals surface area contributed by atoms with Gasteiger partial charge in [0, 0.05) is 23.7 Å². The van der Waals surface area contributed by atoms with Crippen molar-refractivity contribution in [1.82, 2.24) is 15.5 Å². The molecule has 2 aliphatic rings. The number of ether oxygens (including phenoxy) is 1. The first-order chi connectivity index (χ1) is 15.4. The van der Waals surface area contributed by atoms with Gasteiger partial charge in [0.15, 0.2) is 5.82 Å². The molecule has 1 heterocycles. The van der Waals surface area contributed by atoms with Crippen molar-refractivity contribution in [3.63, 3.8) is 0 Å². The second-order valence-electron chi connectivity index (χ2n) is 9.37. The number of hydrogen-bond acceptors (Lipinski definition) is 5. The molecule has 2 fully saturated rings. The number of nitrogens with zero attached hydrogens (tertiary/aromatic N) is 1. The summed E-state index contributed by atoms with van der Waals surface area (Å²) in [6.45, 7) is 1.84. The van der Waals surface area contributed by atoms with Crippen molar-refractivity contribution in [2.45, 2.75) is 82.0 Å². The molecule has 2 aromatic rings. The molecular weight excluding hydrogens is 408 g/mol. The van der Waals surface area contributed by atoms with Crippen LogP contribution in [0.3, 0.4) is 0 Å². The predicted molar refractivity (Wildman–Crippen MR) is 120 cm³/mol. The van der Waals surface area contributed by atoms with Gasteiger partial charge >= 0.3 is 6.09 Å². The number of alkyl carbamates (subject to hydrolysis) is 1. The Morgan fingerprint density at radius 2 is 1.94 bits per heavy atom. The zero-order valence-electron chi connectivity index (χ0n) is 18.5. The second kappa shape index (κ2) is 9.73. The van der Waals surface area contributed by atoms with Gasteiger partial charge in [0.05, 0.1) is 12.0 Å². The molecular formula is C24H32N4O4. The van der Waals surface area contributed by atoms with Crippen molar-refractivity contribution >= 4 is 17.8 Å². The fraction of sp³-hybridized carbons (Fsp3) is 0.542. The lowest BCUT2D eigenvalue weighted by molar-refractivity contribution is -0.115. The lowest BCUT2D eigenvalue weighted by Gasteiger charge is -2.33. The lowest BCUT2D eigenvalue weighted by Crippen LogP contribution is -2.43. The summed E-state index contributed by atoms with van der Waals surface area (Å²) in [5.41, 5.74) is 1.28. The Morgan fingerprint density at radius 1 is 1.19 bits per heavy atom. The predicted octanol–water partition coefficient (Wildman–Crippen LogP) is 3.65. The summed E-state index contributed by atoms with van der Waals surface area (Å²) in [4.78, 5) is 24.5. The second-order valence-corrected chi connectivity index (χ2v) is 9.37. The highest BCUT2D eigenvalue weighted by Gasteiger charge is 2.32. The molecule has 2 atom stereocenters. The van der Waals surface area contributed by atoms with Crippen LogP contribution in [0.1, 0.15) is 69.0 Å². The monoisotopic (exact) mass is 440 g/mol. The molecule has 172 valence electrons. The lowest BCUT2D eigenvalue weighted by atomic mass is 9.84. The third kappa shape index (κ3) is 6.09. The number of benzene rings is 1. The van der Waals surface area contributed by atoms with Crippen molar-refractivity contribution < 1.29 is 19.4 Å². The van der Waals surface area contributed by atoms with Crippen LogP contribution >= 0.6 is 0 Å². The summed E-state index contributed by atoms with van der Waals surface area (Å²) in [6, 6.07) is 11.5. The van der Waals surface area contributed by atoms with Crippen LogP contribution in [0.25, 0.3) is 0 Å². The first kappa shape index (κ1) is 22.3. The van der Waals surface area contributed by atoms with Gasteiger partial charge in [-0.05, 0) is 57.4 Å². The normalized spacial score (nSPS) is 27.6. The molecule has 4 rings (SSSR count).